The average molecular weight is 341 g/mol. The first kappa shape index (κ1) is 17.1. The summed E-state index contributed by atoms with van der Waals surface area (Å²) in [6, 6.07) is 12.4. The van der Waals surface area contributed by atoms with Gasteiger partial charge in [-0.25, -0.2) is 4.39 Å². The quantitative estimate of drug-likeness (QED) is 0.931. The molecule has 4 nitrogen and oxygen atoms in total. The molecule has 25 heavy (non-hydrogen) atoms. The van der Waals surface area contributed by atoms with Gasteiger partial charge in [-0.1, -0.05) is 30.3 Å². The van der Waals surface area contributed by atoms with Crippen molar-refractivity contribution in [3.05, 3.63) is 70.5 Å². The van der Waals surface area contributed by atoms with Crippen LogP contribution in [0.15, 0.2) is 42.5 Å². The molecule has 1 amide bonds. The fourth-order valence-electron chi connectivity index (χ4n) is 3.51. The van der Waals surface area contributed by atoms with Crippen molar-refractivity contribution in [3.63, 3.8) is 0 Å². The molecule has 2 aromatic carbocycles. The molecule has 0 spiro atoms. The summed E-state index contributed by atoms with van der Waals surface area (Å²) in [4.78, 5) is 26.0. The molecule has 3 rings (SSSR count). The predicted octanol–water partition coefficient (Wildman–Crippen LogP) is 3.38. The zero-order chi connectivity index (χ0) is 18.1. The summed E-state index contributed by atoms with van der Waals surface area (Å²) >= 11 is 0. The van der Waals surface area contributed by atoms with E-state index in [1.807, 2.05) is 30.3 Å². The van der Waals surface area contributed by atoms with Crippen LogP contribution in [0.5, 0.6) is 0 Å². The lowest BCUT2D eigenvalue weighted by molar-refractivity contribution is -0.141. The first-order valence-electron chi connectivity index (χ1n) is 8.22. The van der Waals surface area contributed by atoms with Gasteiger partial charge in [0.15, 0.2) is 0 Å². The van der Waals surface area contributed by atoms with Crippen LogP contribution in [0.25, 0.3) is 0 Å². The minimum absolute atomic E-state index is 0.156. The second kappa shape index (κ2) is 6.67. The molecule has 1 aliphatic rings. The fourth-order valence-corrected chi connectivity index (χ4v) is 3.51. The molecule has 1 fully saturated rings. The van der Waals surface area contributed by atoms with Gasteiger partial charge in [0.2, 0.25) is 0 Å². The zero-order valence-electron chi connectivity index (χ0n) is 14.2. The number of rotatable bonds is 3. The summed E-state index contributed by atoms with van der Waals surface area (Å²) in [5, 5.41) is 9.55. The molecular formula is C20H20FNO3. The molecule has 1 heterocycles. The molecule has 0 aromatic heterocycles. The monoisotopic (exact) mass is 341 g/mol. The maximum atomic E-state index is 13.8. The van der Waals surface area contributed by atoms with E-state index in [0.29, 0.717) is 23.2 Å². The summed E-state index contributed by atoms with van der Waals surface area (Å²) in [7, 11) is 0. The molecule has 2 atom stereocenters. The number of hydrogen-bond acceptors (Lipinski definition) is 2. The second-order valence-corrected chi connectivity index (χ2v) is 6.60. The van der Waals surface area contributed by atoms with Gasteiger partial charge in [-0.05, 0) is 42.7 Å². The third kappa shape index (κ3) is 3.27. The van der Waals surface area contributed by atoms with E-state index in [1.165, 1.54) is 12.1 Å². The number of amides is 1. The average Bonchev–Trinajstić information content (AvgIpc) is 3.05. The third-order valence-electron chi connectivity index (χ3n) is 4.84. The molecule has 0 radical (unpaired) electrons. The molecule has 0 aliphatic carbocycles. The van der Waals surface area contributed by atoms with Gasteiger partial charge in [0.05, 0.1) is 5.92 Å². The van der Waals surface area contributed by atoms with Crippen molar-refractivity contribution in [1.82, 2.24) is 4.90 Å². The van der Waals surface area contributed by atoms with E-state index < -0.39 is 11.9 Å². The number of likely N-dealkylation sites (tertiary alicyclic amines) is 1. The highest BCUT2D eigenvalue weighted by atomic mass is 19.1. The smallest absolute Gasteiger partial charge is 0.308 e. The maximum absolute atomic E-state index is 13.8. The summed E-state index contributed by atoms with van der Waals surface area (Å²) in [5.41, 5.74) is 2.14. The lowest BCUT2D eigenvalue weighted by Crippen LogP contribution is -2.30. The Labute approximate surface area is 145 Å². The number of aryl methyl sites for hydroxylation is 2. The number of benzene rings is 2. The topological polar surface area (TPSA) is 57.6 Å². The normalized spacial score (nSPS) is 19.9. The van der Waals surface area contributed by atoms with Crippen molar-refractivity contribution in [3.8, 4) is 0 Å². The fraction of sp³-hybridized carbons (Fsp3) is 0.300. The van der Waals surface area contributed by atoms with Gasteiger partial charge >= 0.3 is 5.97 Å². The van der Waals surface area contributed by atoms with E-state index >= 15 is 0 Å². The molecule has 1 aliphatic heterocycles. The van der Waals surface area contributed by atoms with Crippen molar-refractivity contribution in [2.45, 2.75) is 19.8 Å². The number of carbonyl (C=O) groups is 2. The summed E-state index contributed by atoms with van der Waals surface area (Å²) in [6.07, 6.45) is 0. The molecule has 2 unspecified atom stereocenters. The Morgan fingerprint density at radius 2 is 1.68 bits per heavy atom. The maximum Gasteiger partial charge on any atom is 0.308 e. The van der Waals surface area contributed by atoms with Crippen LogP contribution in [0.1, 0.15) is 33.0 Å². The Morgan fingerprint density at radius 1 is 1.08 bits per heavy atom. The standard InChI is InChI=1S/C20H20FNO3/c1-12-8-15(9-13(2)18(12)21)19(23)22-10-16(17(11-22)20(24)25)14-6-4-3-5-7-14/h3-9,16-17H,10-11H2,1-2H3,(H,24,25). The minimum atomic E-state index is -0.907. The molecule has 5 heteroatoms. The Hall–Kier alpha value is -2.69. The van der Waals surface area contributed by atoms with E-state index in [4.69, 9.17) is 0 Å². The van der Waals surface area contributed by atoms with E-state index in [1.54, 1.807) is 18.7 Å². The third-order valence-corrected chi connectivity index (χ3v) is 4.84. The van der Waals surface area contributed by atoms with Crippen LogP contribution in [0.4, 0.5) is 4.39 Å². The molecule has 130 valence electrons. The first-order valence-corrected chi connectivity index (χ1v) is 8.22. The lowest BCUT2D eigenvalue weighted by atomic mass is 9.89. The van der Waals surface area contributed by atoms with Crippen LogP contribution in [0, 0.1) is 25.6 Å². The van der Waals surface area contributed by atoms with E-state index in [2.05, 4.69) is 0 Å². The Bertz CT molecular complexity index is 796. The van der Waals surface area contributed by atoms with Gasteiger partial charge < -0.3 is 10.0 Å². The number of carboxylic acids is 1. The largest absolute Gasteiger partial charge is 0.481 e. The van der Waals surface area contributed by atoms with E-state index in [-0.39, 0.29) is 24.2 Å². The van der Waals surface area contributed by atoms with Gasteiger partial charge in [0.1, 0.15) is 5.82 Å². The molecule has 0 saturated carbocycles. The van der Waals surface area contributed by atoms with Crippen molar-refractivity contribution >= 4 is 11.9 Å². The van der Waals surface area contributed by atoms with Gasteiger partial charge in [0.25, 0.3) is 5.91 Å². The van der Waals surface area contributed by atoms with Crippen LogP contribution >= 0.6 is 0 Å². The first-order chi connectivity index (χ1) is 11.9. The van der Waals surface area contributed by atoms with Crippen LogP contribution in [-0.2, 0) is 4.79 Å². The van der Waals surface area contributed by atoms with Gasteiger partial charge in [-0.15, -0.1) is 0 Å². The van der Waals surface area contributed by atoms with Crippen LogP contribution in [0.3, 0.4) is 0 Å². The van der Waals surface area contributed by atoms with Crippen LogP contribution in [0.2, 0.25) is 0 Å². The summed E-state index contributed by atoms with van der Waals surface area (Å²) in [6.45, 7) is 3.74. The number of aliphatic carboxylic acids is 1. The summed E-state index contributed by atoms with van der Waals surface area (Å²) in [5.74, 6) is -2.37. The molecule has 2 aromatic rings. The number of nitrogens with zero attached hydrogens (tertiary/aromatic N) is 1. The summed E-state index contributed by atoms with van der Waals surface area (Å²) < 4.78 is 13.8. The van der Waals surface area contributed by atoms with Crippen molar-refractivity contribution in [2.75, 3.05) is 13.1 Å². The molecular weight excluding hydrogens is 321 g/mol. The lowest BCUT2D eigenvalue weighted by Gasteiger charge is -2.17. The van der Waals surface area contributed by atoms with E-state index in [9.17, 15) is 19.1 Å². The van der Waals surface area contributed by atoms with Crippen LogP contribution in [-0.4, -0.2) is 35.0 Å². The molecule has 1 saturated heterocycles. The predicted molar refractivity (Wildman–Crippen MR) is 92.1 cm³/mol. The Kier molecular flexibility index (Phi) is 4.57. The number of carboxylic acid groups (broad SMARTS) is 1. The number of hydrogen-bond donors (Lipinski definition) is 1. The van der Waals surface area contributed by atoms with Crippen molar-refractivity contribution in [2.24, 2.45) is 5.92 Å². The van der Waals surface area contributed by atoms with Gasteiger partial charge in [-0.3, -0.25) is 9.59 Å². The molecule has 0 bridgehead atoms. The highest BCUT2D eigenvalue weighted by Gasteiger charge is 2.40. The van der Waals surface area contributed by atoms with Gasteiger partial charge in [-0.2, -0.15) is 0 Å². The van der Waals surface area contributed by atoms with E-state index in [0.717, 1.165) is 5.56 Å². The number of carbonyl (C=O) groups excluding carboxylic acids is 1. The minimum Gasteiger partial charge on any atom is -0.481 e. The van der Waals surface area contributed by atoms with Crippen LogP contribution < -0.4 is 0 Å². The highest BCUT2D eigenvalue weighted by molar-refractivity contribution is 5.95. The van der Waals surface area contributed by atoms with Crippen molar-refractivity contribution < 1.29 is 19.1 Å². The Morgan fingerprint density at radius 3 is 2.24 bits per heavy atom. The van der Waals surface area contributed by atoms with Gasteiger partial charge in [0, 0.05) is 24.6 Å². The Balaban J connectivity index is 1.89. The zero-order valence-corrected chi connectivity index (χ0v) is 14.2. The van der Waals surface area contributed by atoms with Crippen molar-refractivity contribution in [1.29, 1.82) is 0 Å². The second-order valence-electron chi connectivity index (χ2n) is 6.60. The number of halogens is 1. The SMILES string of the molecule is Cc1cc(C(=O)N2CC(C(=O)O)C(c3ccccc3)C2)cc(C)c1F. The highest BCUT2D eigenvalue weighted by Crippen LogP contribution is 2.33. The molecule has 1 N–H and O–H groups in total.